The summed E-state index contributed by atoms with van der Waals surface area (Å²) in [6.45, 7) is 4.36. The number of fused-ring (bicyclic) bond motifs is 1. The van der Waals surface area contributed by atoms with Gasteiger partial charge in [0.15, 0.2) is 5.82 Å². The maximum absolute atomic E-state index is 14.2. The predicted molar refractivity (Wildman–Crippen MR) is 105 cm³/mol. The highest BCUT2D eigenvalue weighted by Gasteiger charge is 2.33. The summed E-state index contributed by atoms with van der Waals surface area (Å²) in [7, 11) is -1.98. The van der Waals surface area contributed by atoms with Crippen molar-refractivity contribution in [3.63, 3.8) is 0 Å². The van der Waals surface area contributed by atoms with E-state index in [9.17, 15) is 17.2 Å². The standard InChI is InChI=1S/C19H27F2N3O3S/c1-4-11-28(25,26)23(3)15-5-6-17-16(12-15)22-18(19(2,20)21)24(17)13-14-7-9-27-10-8-14/h5-6,12,14H,4,7-11,13H2,1-3H3. The van der Waals surface area contributed by atoms with Gasteiger partial charge in [0.2, 0.25) is 10.0 Å². The predicted octanol–water partition coefficient (Wildman–Crippen LogP) is 3.75. The largest absolute Gasteiger partial charge is 0.381 e. The van der Waals surface area contributed by atoms with Crippen LogP contribution in [-0.4, -0.2) is 44.0 Å². The van der Waals surface area contributed by atoms with Gasteiger partial charge in [0, 0.05) is 33.7 Å². The normalized spacial score (nSPS) is 16.6. The third-order valence-corrected chi connectivity index (χ3v) is 7.12. The molecule has 0 saturated carbocycles. The lowest BCUT2D eigenvalue weighted by molar-refractivity contribution is 0.00222. The number of alkyl halides is 2. The molecule has 1 aliphatic rings. The van der Waals surface area contributed by atoms with Crippen LogP contribution in [0.5, 0.6) is 0 Å². The molecule has 1 saturated heterocycles. The number of sulfonamides is 1. The average molecular weight is 416 g/mol. The molecule has 1 fully saturated rings. The molecule has 28 heavy (non-hydrogen) atoms. The van der Waals surface area contributed by atoms with Gasteiger partial charge < -0.3 is 9.30 Å². The summed E-state index contributed by atoms with van der Waals surface area (Å²) in [6, 6.07) is 4.90. The van der Waals surface area contributed by atoms with Gasteiger partial charge >= 0.3 is 5.92 Å². The van der Waals surface area contributed by atoms with E-state index < -0.39 is 15.9 Å². The fourth-order valence-electron chi connectivity index (χ4n) is 3.58. The van der Waals surface area contributed by atoms with E-state index in [4.69, 9.17) is 4.74 Å². The zero-order chi connectivity index (χ0) is 20.5. The lowest BCUT2D eigenvalue weighted by Crippen LogP contribution is -2.28. The molecule has 9 heteroatoms. The molecular formula is C19H27F2N3O3S. The summed E-state index contributed by atoms with van der Waals surface area (Å²) in [5, 5.41) is 0. The van der Waals surface area contributed by atoms with Crippen molar-refractivity contribution in [1.29, 1.82) is 0 Å². The van der Waals surface area contributed by atoms with E-state index in [0.29, 0.717) is 42.9 Å². The summed E-state index contributed by atoms with van der Waals surface area (Å²) in [6.07, 6.45) is 2.15. The molecule has 0 bridgehead atoms. The highest BCUT2D eigenvalue weighted by Crippen LogP contribution is 2.33. The zero-order valence-electron chi connectivity index (χ0n) is 16.5. The second-order valence-corrected chi connectivity index (χ2v) is 9.57. The first-order valence-electron chi connectivity index (χ1n) is 9.56. The van der Waals surface area contributed by atoms with Crippen molar-refractivity contribution in [3.05, 3.63) is 24.0 Å². The Morgan fingerprint density at radius 2 is 2.00 bits per heavy atom. The van der Waals surface area contributed by atoms with Crippen LogP contribution in [0, 0.1) is 5.92 Å². The molecule has 1 aliphatic heterocycles. The Bertz CT molecular complexity index is 932. The van der Waals surface area contributed by atoms with Crippen molar-refractivity contribution in [2.24, 2.45) is 5.92 Å². The zero-order valence-corrected chi connectivity index (χ0v) is 17.3. The Morgan fingerprint density at radius 3 is 2.61 bits per heavy atom. The fourth-order valence-corrected chi connectivity index (χ4v) is 4.80. The van der Waals surface area contributed by atoms with Gasteiger partial charge in [0.1, 0.15) is 0 Å². The third-order valence-electron chi connectivity index (χ3n) is 5.15. The average Bonchev–Trinajstić information content (AvgIpc) is 3.00. The Hall–Kier alpha value is -1.74. The number of aromatic nitrogens is 2. The first-order valence-corrected chi connectivity index (χ1v) is 11.2. The molecule has 0 spiro atoms. The van der Waals surface area contributed by atoms with Gasteiger partial charge in [-0.15, -0.1) is 0 Å². The molecule has 0 N–H and O–H groups in total. The van der Waals surface area contributed by atoms with E-state index in [-0.39, 0.29) is 17.5 Å². The second kappa shape index (κ2) is 7.94. The lowest BCUT2D eigenvalue weighted by atomic mass is 10.00. The van der Waals surface area contributed by atoms with Crippen LogP contribution in [0.25, 0.3) is 11.0 Å². The summed E-state index contributed by atoms with van der Waals surface area (Å²) in [5.74, 6) is -3.10. The summed E-state index contributed by atoms with van der Waals surface area (Å²) in [4.78, 5) is 4.18. The van der Waals surface area contributed by atoms with E-state index in [1.165, 1.54) is 11.4 Å². The highest BCUT2D eigenvalue weighted by atomic mass is 32.2. The monoisotopic (exact) mass is 415 g/mol. The number of nitrogens with zero attached hydrogens (tertiary/aromatic N) is 3. The molecule has 6 nitrogen and oxygen atoms in total. The first-order chi connectivity index (χ1) is 13.1. The number of ether oxygens (including phenoxy) is 1. The molecule has 1 aromatic carbocycles. The molecule has 2 heterocycles. The second-order valence-electron chi connectivity index (χ2n) is 7.45. The number of imidazole rings is 1. The molecule has 0 atom stereocenters. The Kier molecular flexibility index (Phi) is 5.95. The fraction of sp³-hybridized carbons (Fsp3) is 0.632. The van der Waals surface area contributed by atoms with Gasteiger partial charge in [-0.25, -0.2) is 13.4 Å². The smallest absolute Gasteiger partial charge is 0.302 e. The van der Waals surface area contributed by atoms with Crippen LogP contribution in [0.3, 0.4) is 0 Å². The number of hydrogen-bond acceptors (Lipinski definition) is 4. The van der Waals surface area contributed by atoms with Crippen LogP contribution >= 0.6 is 0 Å². The molecule has 1 aromatic heterocycles. The lowest BCUT2D eigenvalue weighted by Gasteiger charge is -2.24. The quantitative estimate of drug-likeness (QED) is 0.691. The van der Waals surface area contributed by atoms with Crippen molar-refractivity contribution in [1.82, 2.24) is 9.55 Å². The van der Waals surface area contributed by atoms with Crippen molar-refractivity contribution in [3.8, 4) is 0 Å². The van der Waals surface area contributed by atoms with Crippen molar-refractivity contribution in [2.75, 3.05) is 30.3 Å². The van der Waals surface area contributed by atoms with E-state index in [1.807, 2.05) is 0 Å². The van der Waals surface area contributed by atoms with Crippen LogP contribution in [0.1, 0.15) is 38.9 Å². The molecule has 156 valence electrons. The highest BCUT2D eigenvalue weighted by molar-refractivity contribution is 7.92. The van der Waals surface area contributed by atoms with Gasteiger partial charge in [-0.2, -0.15) is 8.78 Å². The van der Waals surface area contributed by atoms with Gasteiger partial charge in [-0.05, 0) is 43.4 Å². The van der Waals surface area contributed by atoms with Crippen LogP contribution in [0.2, 0.25) is 0 Å². The first kappa shape index (κ1) is 21.0. The topological polar surface area (TPSA) is 64.4 Å². The van der Waals surface area contributed by atoms with E-state index in [0.717, 1.165) is 19.8 Å². The van der Waals surface area contributed by atoms with Gasteiger partial charge in [0.25, 0.3) is 0 Å². The van der Waals surface area contributed by atoms with Crippen LogP contribution in [0.4, 0.5) is 14.5 Å². The summed E-state index contributed by atoms with van der Waals surface area (Å²) < 4.78 is 61.3. The minimum absolute atomic E-state index is 0.0258. The van der Waals surface area contributed by atoms with Gasteiger partial charge in [-0.3, -0.25) is 4.31 Å². The minimum atomic E-state index is -3.45. The molecule has 0 radical (unpaired) electrons. The Labute approximate surface area is 164 Å². The Balaban J connectivity index is 2.02. The minimum Gasteiger partial charge on any atom is -0.381 e. The van der Waals surface area contributed by atoms with Crippen LogP contribution in [0.15, 0.2) is 18.2 Å². The van der Waals surface area contributed by atoms with Gasteiger partial charge in [-0.1, -0.05) is 6.92 Å². The van der Waals surface area contributed by atoms with Gasteiger partial charge in [0.05, 0.1) is 22.5 Å². The number of hydrogen-bond donors (Lipinski definition) is 0. The third kappa shape index (κ3) is 4.30. The maximum Gasteiger partial charge on any atom is 0.302 e. The number of anilines is 1. The number of rotatable bonds is 7. The number of benzene rings is 1. The summed E-state index contributed by atoms with van der Waals surface area (Å²) >= 11 is 0. The van der Waals surface area contributed by atoms with Crippen LogP contribution < -0.4 is 4.31 Å². The number of halogens is 2. The molecule has 0 unspecified atom stereocenters. The SMILES string of the molecule is CCCS(=O)(=O)N(C)c1ccc2c(c1)nc(C(C)(F)F)n2CC1CCOCC1. The van der Waals surface area contributed by atoms with E-state index in [1.54, 1.807) is 29.7 Å². The Morgan fingerprint density at radius 1 is 1.32 bits per heavy atom. The van der Waals surface area contributed by atoms with Crippen molar-refractivity contribution >= 4 is 26.7 Å². The maximum atomic E-state index is 14.2. The van der Waals surface area contributed by atoms with E-state index >= 15 is 0 Å². The summed E-state index contributed by atoms with van der Waals surface area (Å²) in [5.41, 5.74) is 1.38. The van der Waals surface area contributed by atoms with Crippen LogP contribution in [-0.2, 0) is 27.2 Å². The molecule has 3 rings (SSSR count). The van der Waals surface area contributed by atoms with E-state index in [2.05, 4.69) is 4.98 Å². The molecule has 0 amide bonds. The van der Waals surface area contributed by atoms with Crippen molar-refractivity contribution < 1.29 is 21.9 Å². The molecule has 0 aliphatic carbocycles. The molecule has 2 aromatic rings. The van der Waals surface area contributed by atoms with Crippen molar-refractivity contribution in [2.45, 2.75) is 45.6 Å². The molecular weight excluding hydrogens is 388 g/mol.